The molecular formula is C25H17ClN2O7. The molecular weight excluding hydrogens is 476 g/mol. The molecule has 1 aliphatic rings. The van der Waals surface area contributed by atoms with E-state index in [-0.39, 0.29) is 16.7 Å². The normalized spacial score (nSPS) is 12.0. The maximum absolute atomic E-state index is 13.0. The van der Waals surface area contributed by atoms with Gasteiger partial charge in [-0.3, -0.25) is 24.5 Å². The minimum absolute atomic E-state index is 0.00309. The molecule has 1 N–H and O–H groups in total. The third-order valence-electron chi connectivity index (χ3n) is 5.50. The molecule has 0 aromatic heterocycles. The number of hydrogen-bond donors (Lipinski definition) is 1. The van der Waals surface area contributed by atoms with Crippen LogP contribution in [0.25, 0.3) is 0 Å². The van der Waals surface area contributed by atoms with Gasteiger partial charge in [0.1, 0.15) is 11.1 Å². The van der Waals surface area contributed by atoms with Crippen LogP contribution in [0.1, 0.15) is 53.3 Å². The Bertz CT molecular complexity index is 1440. The fraction of sp³-hybridized carbons (Fsp3) is 0.120. The number of ketones is 2. The molecule has 0 spiro atoms. The number of nitrogens with one attached hydrogen (secondary N) is 1. The van der Waals surface area contributed by atoms with Crippen LogP contribution in [0.4, 0.5) is 11.4 Å². The number of rotatable bonds is 5. The lowest BCUT2D eigenvalue weighted by Gasteiger charge is -2.18. The van der Waals surface area contributed by atoms with Crippen molar-refractivity contribution in [1.82, 2.24) is 0 Å². The van der Waals surface area contributed by atoms with E-state index in [0.717, 1.165) is 11.6 Å². The summed E-state index contributed by atoms with van der Waals surface area (Å²) in [5, 5.41) is 14.7. The first-order chi connectivity index (χ1) is 16.6. The number of nitro benzene ring substituents is 1. The molecule has 4 rings (SSSR count). The summed E-state index contributed by atoms with van der Waals surface area (Å²) >= 11 is 6.17. The summed E-state index contributed by atoms with van der Waals surface area (Å²) in [5.41, 5.74) is -0.0000293. The van der Waals surface area contributed by atoms with E-state index < -0.39 is 51.8 Å². The summed E-state index contributed by atoms with van der Waals surface area (Å²) in [4.78, 5) is 61.9. The predicted molar refractivity (Wildman–Crippen MR) is 126 cm³/mol. The number of carbonyl (C=O) groups is 4. The van der Waals surface area contributed by atoms with Gasteiger partial charge in [-0.1, -0.05) is 41.9 Å². The first-order valence-electron chi connectivity index (χ1n) is 10.3. The topological polar surface area (TPSA) is 133 Å². The second-order valence-electron chi connectivity index (χ2n) is 7.91. The average molecular weight is 493 g/mol. The van der Waals surface area contributed by atoms with Gasteiger partial charge in [0.2, 0.25) is 5.78 Å². The number of esters is 1. The maximum Gasteiger partial charge on any atom is 0.345 e. The zero-order valence-corrected chi connectivity index (χ0v) is 19.3. The molecule has 0 fully saturated rings. The maximum atomic E-state index is 13.0. The van der Waals surface area contributed by atoms with E-state index in [1.807, 2.05) is 6.92 Å². The van der Waals surface area contributed by atoms with Gasteiger partial charge in [0.25, 0.3) is 11.6 Å². The number of fused-ring (bicyclic) bond motifs is 2. The molecule has 0 saturated heterocycles. The molecule has 0 unspecified atom stereocenters. The number of carbonyl (C=O) groups excluding carboxylic acids is 4. The Kier molecular flexibility index (Phi) is 6.19. The van der Waals surface area contributed by atoms with Crippen LogP contribution in [-0.2, 0) is 9.53 Å². The van der Waals surface area contributed by atoms with Crippen LogP contribution in [0.5, 0.6) is 0 Å². The fourth-order valence-corrected chi connectivity index (χ4v) is 4.35. The Labute approximate surface area is 203 Å². The molecule has 9 nitrogen and oxygen atoms in total. The van der Waals surface area contributed by atoms with Crippen molar-refractivity contribution in [3.8, 4) is 0 Å². The molecule has 3 aromatic rings. The van der Waals surface area contributed by atoms with Gasteiger partial charge >= 0.3 is 5.97 Å². The molecule has 35 heavy (non-hydrogen) atoms. The largest absolute Gasteiger partial charge is 0.452 e. The van der Waals surface area contributed by atoms with Crippen molar-refractivity contribution in [1.29, 1.82) is 0 Å². The minimum Gasteiger partial charge on any atom is -0.452 e. The van der Waals surface area contributed by atoms with Crippen molar-refractivity contribution in [2.24, 2.45) is 0 Å². The second kappa shape index (κ2) is 9.11. The molecule has 0 heterocycles. The van der Waals surface area contributed by atoms with Gasteiger partial charge in [0.15, 0.2) is 12.4 Å². The highest BCUT2D eigenvalue weighted by atomic mass is 35.5. The molecule has 176 valence electrons. The molecule has 0 radical (unpaired) electrons. The molecule has 0 bridgehead atoms. The van der Waals surface area contributed by atoms with Gasteiger partial charge in [0.05, 0.1) is 15.6 Å². The van der Waals surface area contributed by atoms with E-state index in [0.29, 0.717) is 16.3 Å². The fourth-order valence-electron chi connectivity index (χ4n) is 3.98. The summed E-state index contributed by atoms with van der Waals surface area (Å²) in [6.45, 7) is 2.83. The lowest BCUT2D eigenvalue weighted by atomic mass is 9.82. The third-order valence-corrected chi connectivity index (χ3v) is 5.80. The minimum atomic E-state index is -1.19. The molecule has 10 heteroatoms. The SMILES string of the molecule is Cc1cc(C)c(NC(=O)COC(=O)c2ccc3c(c2[N+](=O)[O-])C(=O)c2ccccc2C3=O)c(Cl)c1. The van der Waals surface area contributed by atoms with Gasteiger partial charge in [-0.2, -0.15) is 0 Å². The van der Waals surface area contributed by atoms with E-state index >= 15 is 0 Å². The first-order valence-corrected chi connectivity index (χ1v) is 10.7. The monoisotopic (exact) mass is 492 g/mol. The van der Waals surface area contributed by atoms with Crippen LogP contribution in [0, 0.1) is 24.0 Å². The van der Waals surface area contributed by atoms with E-state index in [9.17, 15) is 29.3 Å². The highest BCUT2D eigenvalue weighted by Crippen LogP contribution is 2.36. The summed E-state index contributed by atoms with van der Waals surface area (Å²) in [6.07, 6.45) is 0. The number of amides is 1. The zero-order chi connectivity index (χ0) is 25.4. The summed E-state index contributed by atoms with van der Waals surface area (Å²) < 4.78 is 4.98. The van der Waals surface area contributed by atoms with E-state index in [4.69, 9.17) is 16.3 Å². The van der Waals surface area contributed by atoms with Gasteiger partial charge in [-0.25, -0.2) is 4.79 Å². The Hall–Kier alpha value is -4.37. The lowest BCUT2D eigenvalue weighted by molar-refractivity contribution is -0.385. The summed E-state index contributed by atoms with van der Waals surface area (Å²) in [5.74, 6) is -3.23. The Morgan fingerprint density at radius 2 is 1.66 bits per heavy atom. The molecule has 0 atom stereocenters. The number of anilines is 1. The third kappa shape index (κ3) is 4.29. The number of hydrogen-bond acceptors (Lipinski definition) is 7. The smallest absolute Gasteiger partial charge is 0.345 e. The number of nitrogens with zero attached hydrogens (tertiary/aromatic N) is 1. The van der Waals surface area contributed by atoms with Crippen molar-refractivity contribution < 1.29 is 28.8 Å². The Morgan fingerprint density at radius 1 is 1.00 bits per heavy atom. The number of nitro groups is 1. The van der Waals surface area contributed by atoms with Crippen molar-refractivity contribution in [3.05, 3.63) is 103 Å². The van der Waals surface area contributed by atoms with E-state index in [1.165, 1.54) is 24.3 Å². The molecule has 0 aliphatic heterocycles. The zero-order valence-electron chi connectivity index (χ0n) is 18.5. The van der Waals surface area contributed by atoms with Crippen molar-refractivity contribution >= 4 is 46.4 Å². The number of ether oxygens (including phenoxy) is 1. The van der Waals surface area contributed by atoms with Crippen LogP contribution >= 0.6 is 11.6 Å². The standard InChI is InChI=1S/C25H17ClN2O7/c1-12-9-13(2)21(18(26)10-12)27-19(29)11-35-25(32)17-8-7-16-20(22(17)28(33)34)24(31)15-6-4-3-5-14(15)23(16)30/h3-10H,11H2,1-2H3,(H,27,29). The highest BCUT2D eigenvalue weighted by Gasteiger charge is 2.39. The van der Waals surface area contributed by atoms with Crippen LogP contribution in [-0.4, -0.2) is 35.0 Å². The molecule has 0 saturated carbocycles. The highest BCUT2D eigenvalue weighted by molar-refractivity contribution is 6.34. The lowest BCUT2D eigenvalue weighted by Crippen LogP contribution is -2.25. The average Bonchev–Trinajstić information content (AvgIpc) is 2.82. The first kappa shape index (κ1) is 23.8. The van der Waals surface area contributed by atoms with Crippen LogP contribution in [0.2, 0.25) is 5.02 Å². The summed E-state index contributed by atoms with van der Waals surface area (Å²) in [7, 11) is 0. The number of benzene rings is 3. The van der Waals surface area contributed by atoms with Gasteiger partial charge in [-0.15, -0.1) is 0 Å². The van der Waals surface area contributed by atoms with Gasteiger partial charge in [-0.05, 0) is 43.2 Å². The molecule has 1 amide bonds. The number of halogens is 1. The number of aryl methyl sites for hydroxylation is 2. The van der Waals surface area contributed by atoms with E-state index in [2.05, 4.69) is 5.32 Å². The van der Waals surface area contributed by atoms with Gasteiger partial charge < -0.3 is 10.1 Å². The van der Waals surface area contributed by atoms with E-state index in [1.54, 1.807) is 25.1 Å². The Balaban J connectivity index is 1.61. The predicted octanol–water partition coefficient (Wildman–Crippen LogP) is 4.44. The van der Waals surface area contributed by atoms with Gasteiger partial charge in [0, 0.05) is 16.7 Å². The quantitative estimate of drug-likeness (QED) is 0.247. The Morgan fingerprint density at radius 3 is 2.29 bits per heavy atom. The van der Waals surface area contributed by atoms with Crippen LogP contribution in [0.15, 0.2) is 48.5 Å². The van der Waals surface area contributed by atoms with Crippen molar-refractivity contribution in [2.45, 2.75) is 13.8 Å². The molecule has 1 aliphatic carbocycles. The molecule has 3 aromatic carbocycles. The second-order valence-corrected chi connectivity index (χ2v) is 8.32. The van der Waals surface area contributed by atoms with Crippen LogP contribution in [0.3, 0.4) is 0 Å². The van der Waals surface area contributed by atoms with Crippen LogP contribution < -0.4 is 5.32 Å². The van der Waals surface area contributed by atoms with Crippen molar-refractivity contribution in [3.63, 3.8) is 0 Å². The van der Waals surface area contributed by atoms with Crippen molar-refractivity contribution in [2.75, 3.05) is 11.9 Å². The summed E-state index contributed by atoms with van der Waals surface area (Å²) in [6, 6.07) is 11.6.